The third-order valence-electron chi connectivity index (χ3n) is 2.01. The van der Waals surface area contributed by atoms with Gasteiger partial charge < -0.3 is 4.98 Å². The summed E-state index contributed by atoms with van der Waals surface area (Å²) in [5.74, 6) is 0. The predicted molar refractivity (Wildman–Crippen MR) is 66.3 cm³/mol. The van der Waals surface area contributed by atoms with Gasteiger partial charge in [-0.15, -0.1) is 0 Å². The van der Waals surface area contributed by atoms with Crippen LogP contribution in [0.3, 0.4) is 0 Å². The van der Waals surface area contributed by atoms with Crippen LogP contribution in [0.2, 0.25) is 5.02 Å². The van der Waals surface area contributed by atoms with Gasteiger partial charge in [-0.25, -0.2) is 0 Å². The molecule has 0 aliphatic heterocycles. The molecule has 2 rings (SSSR count). The zero-order valence-corrected chi connectivity index (χ0v) is 9.84. The number of carbonyl (C=O) groups is 1. The standard InChI is InChI=1S/C10H6ClNO2.C2H6/c11-9-6-3-1-2-4-8(6)12-10(14)7(9)5-13;1-2/h1-5H,(H,12,14);1-2H3. The molecule has 4 heteroatoms. The first-order valence-electron chi connectivity index (χ1n) is 4.99. The monoisotopic (exact) mass is 237 g/mol. The minimum absolute atomic E-state index is 0.0228. The molecule has 0 saturated heterocycles. The van der Waals surface area contributed by atoms with Crippen LogP contribution >= 0.6 is 11.6 Å². The van der Waals surface area contributed by atoms with Crippen LogP contribution in [0.4, 0.5) is 0 Å². The number of benzene rings is 1. The molecule has 0 aliphatic carbocycles. The summed E-state index contributed by atoms with van der Waals surface area (Å²) in [4.78, 5) is 24.5. The summed E-state index contributed by atoms with van der Waals surface area (Å²) in [6.45, 7) is 4.00. The first kappa shape index (κ1) is 12.5. The van der Waals surface area contributed by atoms with Crippen LogP contribution in [-0.2, 0) is 0 Å². The lowest BCUT2D eigenvalue weighted by Gasteiger charge is -2.01. The zero-order chi connectivity index (χ0) is 12.1. The highest BCUT2D eigenvalue weighted by Crippen LogP contribution is 2.21. The number of carbonyl (C=O) groups excluding carboxylic acids is 1. The second-order valence-electron chi connectivity index (χ2n) is 2.85. The van der Waals surface area contributed by atoms with Crippen molar-refractivity contribution in [3.8, 4) is 0 Å². The third kappa shape index (κ3) is 2.14. The molecule has 0 radical (unpaired) electrons. The summed E-state index contributed by atoms with van der Waals surface area (Å²) in [6, 6.07) is 7.06. The van der Waals surface area contributed by atoms with Crippen molar-refractivity contribution in [1.82, 2.24) is 4.98 Å². The maximum atomic E-state index is 11.3. The van der Waals surface area contributed by atoms with Gasteiger partial charge >= 0.3 is 0 Å². The molecule has 1 aromatic heterocycles. The normalized spacial score (nSPS) is 9.44. The second-order valence-corrected chi connectivity index (χ2v) is 3.22. The van der Waals surface area contributed by atoms with E-state index in [0.717, 1.165) is 0 Å². The molecule has 0 spiro atoms. The smallest absolute Gasteiger partial charge is 0.260 e. The van der Waals surface area contributed by atoms with Crippen LogP contribution in [0.1, 0.15) is 24.2 Å². The number of rotatable bonds is 1. The van der Waals surface area contributed by atoms with Gasteiger partial charge in [-0.2, -0.15) is 0 Å². The largest absolute Gasteiger partial charge is 0.321 e. The molecule has 0 unspecified atom stereocenters. The summed E-state index contributed by atoms with van der Waals surface area (Å²) in [5, 5.41) is 0.884. The number of nitrogens with one attached hydrogen (secondary N) is 1. The van der Waals surface area contributed by atoms with Gasteiger partial charge in [0, 0.05) is 10.9 Å². The summed E-state index contributed by atoms with van der Waals surface area (Å²) in [7, 11) is 0. The van der Waals surface area contributed by atoms with Gasteiger partial charge in [-0.05, 0) is 6.07 Å². The van der Waals surface area contributed by atoms with Gasteiger partial charge in [-0.1, -0.05) is 43.6 Å². The molecule has 16 heavy (non-hydrogen) atoms. The average Bonchev–Trinajstić information content (AvgIpc) is 2.32. The van der Waals surface area contributed by atoms with Crippen LogP contribution in [0.25, 0.3) is 10.9 Å². The quantitative estimate of drug-likeness (QED) is 0.775. The Hall–Kier alpha value is -1.61. The fourth-order valence-electron chi connectivity index (χ4n) is 1.32. The predicted octanol–water partition coefficient (Wildman–Crippen LogP) is 3.02. The lowest BCUT2D eigenvalue weighted by molar-refractivity contribution is 0.112. The molecule has 0 aliphatic rings. The van der Waals surface area contributed by atoms with E-state index >= 15 is 0 Å². The van der Waals surface area contributed by atoms with Crippen molar-refractivity contribution in [2.75, 3.05) is 0 Å². The van der Waals surface area contributed by atoms with E-state index in [2.05, 4.69) is 4.98 Å². The molecule has 0 amide bonds. The first-order valence-corrected chi connectivity index (χ1v) is 5.37. The number of fused-ring (bicyclic) bond motifs is 1. The Morgan fingerprint density at radius 1 is 1.25 bits per heavy atom. The van der Waals surface area contributed by atoms with Gasteiger partial charge in [0.2, 0.25) is 0 Å². The second kappa shape index (κ2) is 5.47. The van der Waals surface area contributed by atoms with Crippen molar-refractivity contribution >= 4 is 28.8 Å². The minimum atomic E-state index is -0.455. The van der Waals surface area contributed by atoms with Gasteiger partial charge in [0.1, 0.15) is 0 Å². The fraction of sp³-hybridized carbons (Fsp3) is 0.167. The van der Waals surface area contributed by atoms with E-state index in [4.69, 9.17) is 11.6 Å². The van der Waals surface area contributed by atoms with Crippen LogP contribution in [0.15, 0.2) is 29.1 Å². The molecule has 1 N–H and O–H groups in total. The fourth-order valence-corrected chi connectivity index (χ4v) is 1.62. The molecule has 0 atom stereocenters. The van der Waals surface area contributed by atoms with Crippen molar-refractivity contribution in [2.24, 2.45) is 0 Å². The third-order valence-corrected chi connectivity index (χ3v) is 2.42. The lowest BCUT2D eigenvalue weighted by Crippen LogP contribution is -2.12. The van der Waals surface area contributed by atoms with Crippen molar-refractivity contribution in [3.05, 3.63) is 45.2 Å². The van der Waals surface area contributed by atoms with Gasteiger partial charge in [-0.3, -0.25) is 9.59 Å². The van der Waals surface area contributed by atoms with Gasteiger partial charge in [0.25, 0.3) is 5.56 Å². The van der Waals surface area contributed by atoms with Crippen LogP contribution < -0.4 is 5.56 Å². The number of hydrogen-bond donors (Lipinski definition) is 1. The maximum absolute atomic E-state index is 11.3. The van der Waals surface area contributed by atoms with Crippen LogP contribution in [0.5, 0.6) is 0 Å². The number of aromatic amines is 1. The Morgan fingerprint density at radius 3 is 2.50 bits per heavy atom. The minimum Gasteiger partial charge on any atom is -0.321 e. The molecule has 2 aromatic rings. The first-order chi connectivity index (χ1) is 7.74. The highest BCUT2D eigenvalue weighted by molar-refractivity contribution is 6.37. The average molecular weight is 238 g/mol. The number of aldehydes is 1. The van der Waals surface area contributed by atoms with Crippen molar-refractivity contribution in [3.63, 3.8) is 0 Å². The van der Waals surface area contributed by atoms with Crippen molar-refractivity contribution in [1.29, 1.82) is 0 Å². The number of halogens is 1. The van der Waals surface area contributed by atoms with E-state index in [1.54, 1.807) is 24.3 Å². The molecule has 0 fully saturated rings. The van der Waals surface area contributed by atoms with E-state index in [0.29, 0.717) is 17.2 Å². The highest BCUT2D eigenvalue weighted by atomic mass is 35.5. The highest BCUT2D eigenvalue weighted by Gasteiger charge is 2.08. The SMILES string of the molecule is CC.O=Cc1c(Cl)c2ccccc2[nH]c1=O. The molecule has 0 saturated carbocycles. The van der Waals surface area contributed by atoms with E-state index < -0.39 is 5.56 Å². The number of para-hydroxylation sites is 1. The molecule has 1 heterocycles. The molecule has 0 bridgehead atoms. The van der Waals surface area contributed by atoms with Crippen molar-refractivity contribution in [2.45, 2.75) is 13.8 Å². The Kier molecular flexibility index (Phi) is 4.26. The van der Waals surface area contributed by atoms with E-state index in [-0.39, 0.29) is 10.6 Å². The summed E-state index contributed by atoms with van der Waals surface area (Å²) in [5.41, 5.74) is 0.155. The molecule has 3 nitrogen and oxygen atoms in total. The molecular formula is C12H12ClNO2. The number of hydrogen-bond acceptors (Lipinski definition) is 2. The van der Waals surface area contributed by atoms with Gasteiger partial charge in [0.05, 0.1) is 10.6 Å². The Morgan fingerprint density at radius 2 is 1.88 bits per heavy atom. The summed E-state index contributed by atoms with van der Waals surface area (Å²) < 4.78 is 0. The van der Waals surface area contributed by atoms with Gasteiger partial charge in [0.15, 0.2) is 6.29 Å². The topological polar surface area (TPSA) is 49.9 Å². The number of pyridine rings is 1. The Labute approximate surface area is 98.1 Å². The van der Waals surface area contributed by atoms with E-state index in [1.807, 2.05) is 13.8 Å². The number of aromatic nitrogens is 1. The molecule has 84 valence electrons. The Balaban J connectivity index is 0.000000606. The van der Waals surface area contributed by atoms with E-state index in [1.165, 1.54) is 0 Å². The summed E-state index contributed by atoms with van der Waals surface area (Å²) in [6.07, 6.45) is 0.466. The van der Waals surface area contributed by atoms with Crippen LogP contribution in [-0.4, -0.2) is 11.3 Å². The molecular weight excluding hydrogens is 226 g/mol. The zero-order valence-electron chi connectivity index (χ0n) is 9.08. The maximum Gasteiger partial charge on any atom is 0.260 e. The van der Waals surface area contributed by atoms with Crippen LogP contribution in [0, 0.1) is 0 Å². The van der Waals surface area contributed by atoms with E-state index in [9.17, 15) is 9.59 Å². The molecule has 1 aromatic carbocycles. The lowest BCUT2D eigenvalue weighted by atomic mass is 10.2. The summed E-state index contributed by atoms with van der Waals surface area (Å²) >= 11 is 5.90. The Bertz CT molecular complexity index is 560. The van der Waals surface area contributed by atoms with Crippen molar-refractivity contribution < 1.29 is 4.79 Å². The number of H-pyrrole nitrogens is 1.